The zero-order valence-corrected chi connectivity index (χ0v) is 26.3. The Bertz CT molecular complexity index is 1170. The van der Waals surface area contributed by atoms with Crippen LogP contribution in [0.1, 0.15) is 82.2 Å². The van der Waals surface area contributed by atoms with Gasteiger partial charge >= 0.3 is 5.97 Å². The van der Waals surface area contributed by atoms with Gasteiger partial charge in [0.25, 0.3) is 0 Å². The maximum Gasteiger partial charge on any atom is 0.303 e. The topological polar surface area (TPSA) is 143 Å². The Labute approximate surface area is 240 Å². The summed E-state index contributed by atoms with van der Waals surface area (Å²) in [4.78, 5) is 20.5. The van der Waals surface area contributed by atoms with E-state index in [1.165, 1.54) is 0 Å². The maximum absolute atomic E-state index is 11.4. The molecule has 0 radical (unpaired) electrons. The lowest BCUT2D eigenvalue weighted by molar-refractivity contribution is -0.136. The number of unbranched alkanes of at least 4 members (excludes halogenated alkanes) is 1. The smallest absolute Gasteiger partial charge is 0.303 e. The number of hydrogen-bond donors (Lipinski definition) is 3. The Morgan fingerprint density at radius 3 is 2.58 bits per heavy atom. The van der Waals surface area contributed by atoms with Gasteiger partial charge in [0.15, 0.2) is 8.32 Å². The second-order valence-corrected chi connectivity index (χ2v) is 16.6. The van der Waals surface area contributed by atoms with Crippen molar-refractivity contribution < 1.29 is 19.1 Å². The molecule has 9 nitrogen and oxygen atoms in total. The fourth-order valence-corrected chi connectivity index (χ4v) is 5.32. The van der Waals surface area contributed by atoms with E-state index in [0.717, 1.165) is 42.4 Å². The van der Waals surface area contributed by atoms with E-state index >= 15 is 0 Å². The van der Waals surface area contributed by atoms with E-state index in [1.54, 1.807) is 7.11 Å². The van der Waals surface area contributed by atoms with Gasteiger partial charge in [-0.2, -0.15) is 10.2 Å². The highest BCUT2D eigenvalue weighted by molar-refractivity contribution is 6.74. The summed E-state index contributed by atoms with van der Waals surface area (Å²) in [5, 5.41) is 22.4. The molecule has 1 heterocycles. The van der Waals surface area contributed by atoms with Gasteiger partial charge in [-0.1, -0.05) is 52.7 Å². The van der Waals surface area contributed by atoms with Gasteiger partial charge in [-0.3, -0.25) is 4.79 Å². The predicted molar refractivity (Wildman–Crippen MR) is 162 cm³/mol. The van der Waals surface area contributed by atoms with Crippen LogP contribution in [0.15, 0.2) is 18.2 Å². The van der Waals surface area contributed by atoms with Gasteiger partial charge in [-0.25, -0.2) is 4.98 Å². The summed E-state index contributed by atoms with van der Waals surface area (Å²) >= 11 is 0. The summed E-state index contributed by atoms with van der Waals surface area (Å²) in [6.45, 7) is 14.0. The average molecular weight is 570 g/mol. The van der Waals surface area contributed by atoms with Gasteiger partial charge in [0, 0.05) is 31.1 Å². The van der Waals surface area contributed by atoms with Crippen LogP contribution in [0.3, 0.4) is 0 Å². The van der Waals surface area contributed by atoms with Crippen molar-refractivity contribution in [2.45, 2.75) is 103 Å². The van der Waals surface area contributed by atoms with Crippen LogP contribution in [0.25, 0.3) is 0 Å². The van der Waals surface area contributed by atoms with Gasteiger partial charge in [-0.05, 0) is 48.2 Å². The molecule has 2 aromatic rings. The van der Waals surface area contributed by atoms with Crippen molar-refractivity contribution in [2.24, 2.45) is 0 Å². The Morgan fingerprint density at radius 1 is 1.25 bits per heavy atom. The van der Waals surface area contributed by atoms with Crippen molar-refractivity contribution >= 4 is 26.1 Å². The molecule has 0 bridgehead atoms. The molecule has 220 valence electrons. The molecule has 10 heteroatoms. The molecular formula is C30H47N5O4Si. The highest BCUT2D eigenvalue weighted by Crippen LogP contribution is 2.37. The fraction of sp³-hybridized carbons (Fsp3) is 0.600. The number of nitrogens with one attached hydrogen (secondary N) is 1. The minimum atomic E-state index is -1.89. The van der Waals surface area contributed by atoms with E-state index in [1.807, 2.05) is 18.2 Å². The molecule has 4 N–H and O–H groups in total. The van der Waals surface area contributed by atoms with E-state index < -0.39 is 14.3 Å². The van der Waals surface area contributed by atoms with Gasteiger partial charge in [0.2, 0.25) is 5.95 Å². The first-order valence-electron chi connectivity index (χ1n) is 14.1. The van der Waals surface area contributed by atoms with E-state index in [4.69, 9.17) is 14.9 Å². The number of nitriles is 1. The van der Waals surface area contributed by atoms with Crippen LogP contribution in [0.2, 0.25) is 18.1 Å². The third-order valence-corrected chi connectivity index (χ3v) is 12.2. The molecule has 0 aliphatic heterocycles. The van der Waals surface area contributed by atoms with Crippen LogP contribution in [0.4, 0.5) is 11.8 Å². The summed E-state index contributed by atoms with van der Waals surface area (Å²) in [6, 6.07) is 7.96. The van der Waals surface area contributed by atoms with Gasteiger partial charge in [0.05, 0.1) is 31.7 Å². The summed E-state index contributed by atoms with van der Waals surface area (Å²) in [5.41, 5.74) is 9.27. The van der Waals surface area contributed by atoms with Crippen LogP contribution < -0.4 is 15.8 Å². The number of aliphatic carboxylic acids is 1. The van der Waals surface area contributed by atoms with Gasteiger partial charge in [0.1, 0.15) is 11.6 Å². The Kier molecular flexibility index (Phi) is 12.4. The zero-order valence-electron chi connectivity index (χ0n) is 25.3. The van der Waals surface area contributed by atoms with Crippen LogP contribution in [0, 0.1) is 11.3 Å². The number of carbonyl (C=O) groups is 1. The Morgan fingerprint density at radius 2 is 1.98 bits per heavy atom. The maximum atomic E-state index is 11.4. The second-order valence-electron chi connectivity index (χ2n) is 11.8. The standard InChI is InChI=1S/C30H47N5O4Si/c1-8-9-10-23(16-18-39-40(6,7)30(2,3)4)33-28-24(25(12-14-27(36)37)34-29(32)35-28)20-22-19-21(15-17-31)11-13-26(22)38-5/h11,13,19,23H,8-10,12,14-16,18,20H2,1-7H3,(H,36,37)(H3,32,33,34,35)/t23-/m0/s1. The first kappa shape index (κ1) is 33.0. The minimum absolute atomic E-state index is 0.0753. The molecule has 0 spiro atoms. The number of anilines is 2. The Hall–Kier alpha value is -3.16. The largest absolute Gasteiger partial charge is 0.496 e. The van der Waals surface area contributed by atoms with E-state index in [2.05, 4.69) is 62.1 Å². The number of nitrogens with zero attached hydrogens (tertiary/aromatic N) is 3. The second kappa shape index (κ2) is 15.0. The normalized spacial score (nSPS) is 12.6. The SMILES string of the molecule is CCCC[C@@H](CCO[Si](C)(C)C(C)(C)C)Nc1nc(N)nc(CCC(=O)O)c1Cc1cc(CC#N)ccc1OC. The van der Waals surface area contributed by atoms with Crippen LogP contribution in [0.5, 0.6) is 5.75 Å². The van der Waals surface area contributed by atoms with E-state index in [9.17, 15) is 15.2 Å². The van der Waals surface area contributed by atoms with Crippen molar-refractivity contribution in [3.05, 3.63) is 40.6 Å². The summed E-state index contributed by atoms with van der Waals surface area (Å²) in [7, 11) is -0.278. The van der Waals surface area contributed by atoms with Crippen LogP contribution in [-0.2, 0) is 28.5 Å². The average Bonchev–Trinajstić information content (AvgIpc) is 2.87. The monoisotopic (exact) mass is 569 g/mol. The molecule has 0 saturated heterocycles. The number of nitrogens with two attached hydrogens (primary N) is 1. The molecular weight excluding hydrogens is 522 g/mol. The molecule has 0 aliphatic carbocycles. The number of aryl methyl sites for hydroxylation is 1. The molecule has 1 aromatic heterocycles. The summed E-state index contributed by atoms with van der Waals surface area (Å²) in [6.07, 6.45) is 4.68. The first-order chi connectivity index (χ1) is 18.8. The highest BCUT2D eigenvalue weighted by atomic mass is 28.4. The number of methoxy groups -OCH3 is 1. The lowest BCUT2D eigenvalue weighted by Crippen LogP contribution is -2.41. The number of carboxylic acids is 1. The third-order valence-electron chi connectivity index (χ3n) is 7.66. The number of aromatic nitrogens is 2. The lowest BCUT2D eigenvalue weighted by atomic mass is 9.97. The Balaban J connectivity index is 2.47. The van der Waals surface area contributed by atoms with E-state index in [0.29, 0.717) is 30.3 Å². The number of benzene rings is 1. The van der Waals surface area contributed by atoms with Crippen molar-refractivity contribution in [2.75, 3.05) is 24.8 Å². The number of hydrogen-bond acceptors (Lipinski definition) is 8. The number of ether oxygens (including phenoxy) is 1. The summed E-state index contributed by atoms with van der Waals surface area (Å²) < 4.78 is 12.1. The van der Waals surface area contributed by atoms with Gasteiger partial charge < -0.3 is 25.3 Å². The first-order valence-corrected chi connectivity index (χ1v) is 17.0. The third kappa shape index (κ3) is 9.79. The zero-order chi connectivity index (χ0) is 29.9. The quantitative estimate of drug-likeness (QED) is 0.204. The van der Waals surface area contributed by atoms with Crippen molar-refractivity contribution in [3.63, 3.8) is 0 Å². The molecule has 0 aliphatic rings. The van der Waals surface area contributed by atoms with E-state index in [-0.39, 0.29) is 36.3 Å². The molecule has 0 fully saturated rings. The van der Waals surface area contributed by atoms with Gasteiger partial charge in [-0.15, -0.1) is 0 Å². The highest BCUT2D eigenvalue weighted by Gasteiger charge is 2.37. The lowest BCUT2D eigenvalue weighted by Gasteiger charge is -2.36. The molecule has 40 heavy (non-hydrogen) atoms. The molecule has 2 rings (SSSR count). The molecule has 1 atom stereocenters. The van der Waals surface area contributed by atoms with Crippen LogP contribution >= 0.6 is 0 Å². The fourth-order valence-electron chi connectivity index (χ4n) is 4.25. The summed E-state index contributed by atoms with van der Waals surface area (Å²) in [5.74, 6) is 0.478. The predicted octanol–water partition coefficient (Wildman–Crippen LogP) is 6.12. The minimum Gasteiger partial charge on any atom is -0.496 e. The molecule has 0 amide bonds. The molecule has 0 unspecified atom stereocenters. The molecule has 0 saturated carbocycles. The molecule has 1 aromatic carbocycles. The van der Waals surface area contributed by atoms with Crippen molar-refractivity contribution in [1.82, 2.24) is 9.97 Å². The van der Waals surface area contributed by atoms with Crippen LogP contribution in [-0.4, -0.2) is 49.1 Å². The van der Waals surface area contributed by atoms with Crippen molar-refractivity contribution in [1.29, 1.82) is 5.26 Å². The number of carboxylic acid groups (broad SMARTS) is 1. The van der Waals surface area contributed by atoms with Crippen molar-refractivity contribution in [3.8, 4) is 11.8 Å². The number of nitrogen functional groups attached to an aromatic ring is 1. The number of rotatable bonds is 16.